The Kier molecular flexibility index (Phi) is 4.97. The summed E-state index contributed by atoms with van der Waals surface area (Å²) in [6.07, 6.45) is 1.56. The van der Waals surface area contributed by atoms with Crippen LogP contribution in [0.5, 0.6) is 5.75 Å². The van der Waals surface area contributed by atoms with Gasteiger partial charge in [-0.25, -0.2) is 9.97 Å². The number of amides is 1. The first-order valence-corrected chi connectivity index (χ1v) is 8.71. The lowest BCUT2D eigenvalue weighted by Crippen LogP contribution is -2.52. The van der Waals surface area contributed by atoms with Crippen molar-refractivity contribution in [2.24, 2.45) is 0 Å². The molecule has 0 aliphatic carbocycles. The molecule has 1 aromatic carbocycles. The third-order valence-electron chi connectivity index (χ3n) is 4.84. The maximum atomic E-state index is 11.9. The van der Waals surface area contributed by atoms with Gasteiger partial charge in [0.15, 0.2) is 0 Å². The molecule has 0 saturated carbocycles. The Bertz CT molecular complexity index is 763. The van der Waals surface area contributed by atoms with E-state index in [1.165, 1.54) is 0 Å². The Balaban J connectivity index is 1.83. The zero-order valence-electron chi connectivity index (χ0n) is 15.5. The van der Waals surface area contributed by atoms with E-state index in [0.717, 1.165) is 43.1 Å². The van der Waals surface area contributed by atoms with Gasteiger partial charge in [0, 0.05) is 26.1 Å². The fraction of sp³-hybridized carbons (Fsp3) is 0.421. The van der Waals surface area contributed by atoms with Crippen molar-refractivity contribution in [1.82, 2.24) is 15.3 Å². The minimum Gasteiger partial charge on any atom is -0.497 e. The van der Waals surface area contributed by atoms with Crippen molar-refractivity contribution >= 4 is 17.5 Å². The Hall–Kier alpha value is -2.83. The number of hydrogen-bond donors (Lipinski definition) is 2. The largest absolute Gasteiger partial charge is 0.497 e. The number of piperidine rings is 1. The molecule has 1 aliphatic rings. The van der Waals surface area contributed by atoms with Crippen molar-refractivity contribution in [2.45, 2.75) is 32.2 Å². The second kappa shape index (κ2) is 7.19. The van der Waals surface area contributed by atoms with E-state index in [4.69, 9.17) is 10.5 Å². The predicted molar refractivity (Wildman–Crippen MR) is 101 cm³/mol. The number of anilines is 2. The molecule has 3 rings (SSSR count). The summed E-state index contributed by atoms with van der Waals surface area (Å²) in [5, 5.41) is 3.18. The van der Waals surface area contributed by atoms with E-state index in [-0.39, 0.29) is 11.4 Å². The van der Waals surface area contributed by atoms with Gasteiger partial charge in [0.2, 0.25) is 5.91 Å². The van der Waals surface area contributed by atoms with Gasteiger partial charge < -0.3 is 20.7 Å². The van der Waals surface area contributed by atoms with Crippen LogP contribution in [-0.2, 0) is 10.3 Å². The van der Waals surface area contributed by atoms with Crippen LogP contribution in [0.4, 0.5) is 11.6 Å². The standard InChI is InChI=1S/C19H25N5O2/c1-13-21-17(20)12-18(22-13)24-10-8-19(9-11-24,23-14(2)25)15-4-6-16(26-3)7-5-15/h4-7,12H,8-11H2,1-3H3,(H,23,25)(H2,20,21,22). The van der Waals surface area contributed by atoms with Gasteiger partial charge in [-0.1, -0.05) is 12.1 Å². The molecule has 0 bridgehead atoms. The third kappa shape index (κ3) is 3.71. The Morgan fingerprint density at radius 1 is 1.23 bits per heavy atom. The molecule has 0 spiro atoms. The summed E-state index contributed by atoms with van der Waals surface area (Å²) in [5.74, 6) is 2.74. The summed E-state index contributed by atoms with van der Waals surface area (Å²) < 4.78 is 5.25. The molecule has 1 aliphatic heterocycles. The number of aryl methyl sites for hydroxylation is 1. The number of nitrogens with zero attached hydrogens (tertiary/aromatic N) is 3. The molecule has 7 nitrogen and oxygen atoms in total. The van der Waals surface area contributed by atoms with Crippen LogP contribution >= 0.6 is 0 Å². The van der Waals surface area contributed by atoms with E-state index in [2.05, 4.69) is 20.2 Å². The van der Waals surface area contributed by atoms with Gasteiger partial charge in [0.1, 0.15) is 23.2 Å². The number of hydrogen-bond acceptors (Lipinski definition) is 6. The van der Waals surface area contributed by atoms with Crippen LogP contribution in [0.1, 0.15) is 31.2 Å². The first-order chi connectivity index (χ1) is 12.4. The minimum atomic E-state index is -0.387. The Labute approximate surface area is 153 Å². The van der Waals surface area contributed by atoms with Crippen molar-refractivity contribution in [3.8, 4) is 5.75 Å². The number of nitrogen functional groups attached to an aromatic ring is 1. The highest BCUT2D eigenvalue weighted by molar-refractivity contribution is 5.74. The Morgan fingerprint density at radius 2 is 1.88 bits per heavy atom. The zero-order valence-corrected chi connectivity index (χ0v) is 15.5. The van der Waals surface area contributed by atoms with Gasteiger partial charge >= 0.3 is 0 Å². The SMILES string of the molecule is COc1ccc(C2(NC(C)=O)CCN(c3cc(N)nc(C)n3)CC2)cc1. The normalized spacial score (nSPS) is 16.2. The lowest BCUT2D eigenvalue weighted by atomic mass is 9.80. The maximum absolute atomic E-state index is 11.9. The topological polar surface area (TPSA) is 93.4 Å². The quantitative estimate of drug-likeness (QED) is 0.871. The molecule has 2 aromatic rings. The summed E-state index contributed by atoms with van der Waals surface area (Å²) in [5.41, 5.74) is 6.56. The molecule has 0 unspecified atom stereocenters. The molecule has 1 amide bonds. The van der Waals surface area contributed by atoms with Crippen LogP contribution in [-0.4, -0.2) is 36.1 Å². The second-order valence-electron chi connectivity index (χ2n) is 6.68. The van der Waals surface area contributed by atoms with Crippen molar-refractivity contribution in [2.75, 3.05) is 30.8 Å². The zero-order chi connectivity index (χ0) is 18.7. The summed E-state index contributed by atoms with van der Waals surface area (Å²) in [4.78, 5) is 22.7. The molecule has 1 fully saturated rings. The predicted octanol–water partition coefficient (Wildman–Crippen LogP) is 2.01. The molecule has 0 atom stereocenters. The minimum absolute atomic E-state index is 0.0311. The number of methoxy groups -OCH3 is 1. The number of ether oxygens (including phenoxy) is 1. The molecular weight excluding hydrogens is 330 g/mol. The molecule has 138 valence electrons. The van der Waals surface area contributed by atoms with E-state index >= 15 is 0 Å². The number of benzene rings is 1. The average molecular weight is 355 g/mol. The van der Waals surface area contributed by atoms with Crippen molar-refractivity contribution in [1.29, 1.82) is 0 Å². The molecule has 2 heterocycles. The van der Waals surface area contributed by atoms with Crippen LogP contribution in [0, 0.1) is 6.92 Å². The number of carbonyl (C=O) groups excluding carboxylic acids is 1. The van der Waals surface area contributed by atoms with Crippen LogP contribution in [0.2, 0.25) is 0 Å². The van der Waals surface area contributed by atoms with Crippen LogP contribution in [0.15, 0.2) is 30.3 Å². The maximum Gasteiger partial charge on any atom is 0.217 e. The average Bonchev–Trinajstić information content (AvgIpc) is 2.61. The number of aromatic nitrogens is 2. The molecule has 0 radical (unpaired) electrons. The summed E-state index contributed by atoms with van der Waals surface area (Å²) in [6.45, 7) is 4.93. The van der Waals surface area contributed by atoms with E-state index in [1.807, 2.05) is 31.2 Å². The van der Waals surface area contributed by atoms with Gasteiger partial charge in [-0.2, -0.15) is 0 Å². The lowest BCUT2D eigenvalue weighted by Gasteiger charge is -2.43. The molecule has 7 heteroatoms. The van der Waals surface area contributed by atoms with E-state index < -0.39 is 0 Å². The number of nitrogens with two attached hydrogens (primary N) is 1. The fourth-order valence-electron chi connectivity index (χ4n) is 3.59. The number of rotatable bonds is 4. The van der Waals surface area contributed by atoms with Crippen LogP contribution < -0.4 is 20.7 Å². The van der Waals surface area contributed by atoms with Crippen molar-refractivity contribution < 1.29 is 9.53 Å². The first kappa shape index (κ1) is 18.0. The third-order valence-corrected chi connectivity index (χ3v) is 4.84. The second-order valence-corrected chi connectivity index (χ2v) is 6.68. The molecule has 1 saturated heterocycles. The Morgan fingerprint density at radius 3 is 2.42 bits per heavy atom. The highest BCUT2D eigenvalue weighted by atomic mass is 16.5. The van der Waals surface area contributed by atoms with Crippen LogP contribution in [0.25, 0.3) is 0 Å². The molecular formula is C19H25N5O2. The monoisotopic (exact) mass is 355 g/mol. The van der Waals surface area contributed by atoms with Gasteiger partial charge in [0.05, 0.1) is 12.6 Å². The van der Waals surface area contributed by atoms with Gasteiger partial charge in [-0.05, 0) is 37.5 Å². The molecule has 26 heavy (non-hydrogen) atoms. The molecule has 1 aromatic heterocycles. The smallest absolute Gasteiger partial charge is 0.217 e. The van der Waals surface area contributed by atoms with Gasteiger partial charge in [0.25, 0.3) is 0 Å². The first-order valence-electron chi connectivity index (χ1n) is 8.71. The van der Waals surface area contributed by atoms with Gasteiger partial charge in [-0.15, -0.1) is 0 Å². The lowest BCUT2D eigenvalue weighted by molar-refractivity contribution is -0.121. The summed E-state index contributed by atoms with van der Waals surface area (Å²) in [6, 6.07) is 9.71. The number of nitrogens with one attached hydrogen (secondary N) is 1. The van der Waals surface area contributed by atoms with E-state index in [1.54, 1.807) is 20.1 Å². The van der Waals surface area contributed by atoms with E-state index in [9.17, 15) is 4.79 Å². The number of carbonyl (C=O) groups is 1. The fourth-order valence-corrected chi connectivity index (χ4v) is 3.59. The summed E-state index contributed by atoms with van der Waals surface area (Å²) in [7, 11) is 1.65. The summed E-state index contributed by atoms with van der Waals surface area (Å²) >= 11 is 0. The van der Waals surface area contributed by atoms with Crippen molar-refractivity contribution in [3.05, 3.63) is 41.7 Å². The van der Waals surface area contributed by atoms with Crippen molar-refractivity contribution in [3.63, 3.8) is 0 Å². The van der Waals surface area contributed by atoms with E-state index in [0.29, 0.717) is 11.6 Å². The highest BCUT2D eigenvalue weighted by Gasteiger charge is 2.37. The highest BCUT2D eigenvalue weighted by Crippen LogP contribution is 2.35. The van der Waals surface area contributed by atoms with Gasteiger partial charge in [-0.3, -0.25) is 4.79 Å². The van der Waals surface area contributed by atoms with Crippen LogP contribution in [0.3, 0.4) is 0 Å². The molecule has 3 N–H and O–H groups in total.